The summed E-state index contributed by atoms with van der Waals surface area (Å²) in [6.45, 7) is 15.0. The van der Waals surface area contributed by atoms with Crippen LogP contribution in [0.15, 0.2) is 0 Å². The lowest BCUT2D eigenvalue weighted by Gasteiger charge is -2.46. The molecule has 0 radical (unpaired) electrons. The summed E-state index contributed by atoms with van der Waals surface area (Å²) in [7, 11) is -1.97. The molecule has 2 N–H and O–H groups in total. The Labute approximate surface area is 181 Å². The van der Waals surface area contributed by atoms with Crippen molar-refractivity contribution in [3.8, 4) is 0 Å². The summed E-state index contributed by atoms with van der Waals surface area (Å²) >= 11 is 0. The number of carbonyl (C=O) groups is 2. The lowest BCUT2D eigenvalue weighted by molar-refractivity contribution is -0.146. The Bertz CT molecular complexity index is 878. The highest BCUT2D eigenvalue weighted by molar-refractivity contribution is 6.89. The summed E-state index contributed by atoms with van der Waals surface area (Å²) in [5, 5.41) is 21.3. The predicted octanol–water partition coefficient (Wildman–Crippen LogP) is 3.92. The van der Waals surface area contributed by atoms with Gasteiger partial charge in [0.1, 0.15) is 0 Å². The molecule has 1 aromatic carbocycles. The van der Waals surface area contributed by atoms with Crippen molar-refractivity contribution in [1.82, 2.24) is 4.90 Å². The van der Waals surface area contributed by atoms with Gasteiger partial charge >= 0.3 is 5.97 Å². The van der Waals surface area contributed by atoms with Crippen molar-refractivity contribution in [2.24, 2.45) is 0 Å². The molecular weight excluding hydrogens is 394 g/mol. The molecule has 0 spiro atoms. The first-order valence-corrected chi connectivity index (χ1v) is 14.7. The number of aliphatic hydroxyl groups excluding tert-OH is 1. The summed E-state index contributed by atoms with van der Waals surface area (Å²) in [6, 6.07) is 0.290. The van der Waals surface area contributed by atoms with E-state index in [1.165, 1.54) is 24.8 Å². The molecule has 1 unspecified atom stereocenters. The van der Waals surface area contributed by atoms with E-state index in [1.807, 2.05) is 20.8 Å². The van der Waals surface area contributed by atoms with Gasteiger partial charge in [0.05, 0.1) is 13.5 Å². The third-order valence-corrected chi connectivity index (χ3v) is 9.34. The van der Waals surface area contributed by atoms with E-state index in [2.05, 4.69) is 31.5 Å². The standard InChI is InChI=1S/C24H37NO4Si/c1-14-17-13-25(16-11-9-8-10-12-16)23(29)24(3,4)19(17)15(2)18(20(26)22(27)28)21(14)30(5,6)7/h16,20,26H,8-13H2,1-7H3,(H,27,28). The SMILES string of the molecule is Cc1c(C(O)C(=O)O)c([Si](C)(C)C)c(C)c2c1C(C)(C)C(=O)N(C1CCCCC1)C2. The first-order valence-electron chi connectivity index (χ1n) is 11.2. The number of hydrogen-bond donors (Lipinski definition) is 2. The number of aliphatic carboxylic acids is 1. The van der Waals surface area contributed by atoms with E-state index >= 15 is 0 Å². The third-order valence-electron chi connectivity index (χ3n) is 7.20. The number of benzene rings is 1. The molecule has 2 aliphatic rings. The van der Waals surface area contributed by atoms with Crippen LogP contribution in [0.5, 0.6) is 0 Å². The number of carboxylic acid groups (broad SMARTS) is 1. The Morgan fingerprint density at radius 3 is 2.17 bits per heavy atom. The molecule has 166 valence electrons. The first-order chi connectivity index (χ1) is 13.8. The van der Waals surface area contributed by atoms with Gasteiger partial charge in [-0.05, 0) is 68.4 Å². The van der Waals surface area contributed by atoms with Crippen molar-refractivity contribution in [3.63, 3.8) is 0 Å². The van der Waals surface area contributed by atoms with E-state index in [-0.39, 0.29) is 11.9 Å². The zero-order valence-corrected chi connectivity index (χ0v) is 20.6. The quantitative estimate of drug-likeness (QED) is 0.709. The molecular formula is C24H37NO4Si. The van der Waals surface area contributed by atoms with E-state index in [1.54, 1.807) is 0 Å². The Morgan fingerprint density at radius 2 is 1.67 bits per heavy atom. The van der Waals surface area contributed by atoms with Gasteiger partial charge in [0.15, 0.2) is 6.10 Å². The van der Waals surface area contributed by atoms with E-state index in [0.29, 0.717) is 12.1 Å². The molecule has 5 nitrogen and oxygen atoms in total. The summed E-state index contributed by atoms with van der Waals surface area (Å²) in [5.74, 6) is -1.11. The minimum absolute atomic E-state index is 0.126. The lowest BCUT2D eigenvalue weighted by Crippen LogP contribution is -2.55. The van der Waals surface area contributed by atoms with Crippen molar-refractivity contribution in [2.45, 2.75) is 104 Å². The normalized spacial score (nSPS) is 20.8. The van der Waals surface area contributed by atoms with Crippen LogP contribution in [0, 0.1) is 13.8 Å². The average molecular weight is 432 g/mol. The van der Waals surface area contributed by atoms with Gasteiger partial charge in [0.25, 0.3) is 0 Å². The molecule has 30 heavy (non-hydrogen) atoms. The highest BCUT2D eigenvalue weighted by atomic mass is 28.3. The van der Waals surface area contributed by atoms with Crippen LogP contribution in [0.25, 0.3) is 0 Å². The zero-order valence-electron chi connectivity index (χ0n) is 19.6. The Balaban J connectivity index is 2.30. The molecule has 1 heterocycles. The highest BCUT2D eigenvalue weighted by Gasteiger charge is 2.46. The van der Waals surface area contributed by atoms with Crippen LogP contribution >= 0.6 is 0 Å². The molecule has 6 heteroatoms. The minimum Gasteiger partial charge on any atom is -0.479 e. The van der Waals surface area contributed by atoms with Crippen molar-refractivity contribution < 1.29 is 19.8 Å². The molecule has 0 aromatic heterocycles. The molecule has 1 aliphatic carbocycles. The topological polar surface area (TPSA) is 77.8 Å². The average Bonchev–Trinajstić information content (AvgIpc) is 2.65. The second kappa shape index (κ2) is 7.79. The van der Waals surface area contributed by atoms with Crippen molar-refractivity contribution >= 4 is 25.1 Å². The van der Waals surface area contributed by atoms with Gasteiger partial charge in [0, 0.05) is 12.6 Å². The van der Waals surface area contributed by atoms with Gasteiger partial charge in [-0.3, -0.25) is 4.79 Å². The van der Waals surface area contributed by atoms with Gasteiger partial charge < -0.3 is 15.1 Å². The Morgan fingerprint density at radius 1 is 1.10 bits per heavy atom. The van der Waals surface area contributed by atoms with Crippen molar-refractivity contribution in [2.75, 3.05) is 0 Å². The third kappa shape index (κ3) is 3.62. The number of aliphatic hydroxyl groups is 1. The number of rotatable bonds is 4. The maximum atomic E-state index is 13.6. The first kappa shape index (κ1) is 23.0. The minimum atomic E-state index is -1.97. The zero-order chi connectivity index (χ0) is 22.6. The largest absolute Gasteiger partial charge is 0.479 e. The van der Waals surface area contributed by atoms with E-state index < -0.39 is 25.6 Å². The summed E-state index contributed by atoms with van der Waals surface area (Å²) in [6.07, 6.45) is 4.13. The van der Waals surface area contributed by atoms with Crippen LogP contribution < -0.4 is 5.19 Å². The van der Waals surface area contributed by atoms with Crippen LogP contribution in [0.2, 0.25) is 19.6 Å². The summed E-state index contributed by atoms with van der Waals surface area (Å²) in [5.41, 5.74) is 3.72. The molecule has 1 atom stereocenters. The van der Waals surface area contributed by atoms with Crippen LogP contribution in [0.4, 0.5) is 0 Å². The van der Waals surface area contributed by atoms with Crippen LogP contribution in [0.1, 0.15) is 79.9 Å². The number of carbonyl (C=O) groups excluding carboxylic acids is 1. The van der Waals surface area contributed by atoms with Crippen molar-refractivity contribution in [3.05, 3.63) is 27.8 Å². The van der Waals surface area contributed by atoms with Gasteiger partial charge in [0.2, 0.25) is 5.91 Å². The second-order valence-corrected chi connectivity index (χ2v) is 15.7. The molecule has 0 bridgehead atoms. The maximum absolute atomic E-state index is 13.6. The maximum Gasteiger partial charge on any atom is 0.337 e. The van der Waals surface area contributed by atoms with E-state index in [9.17, 15) is 19.8 Å². The van der Waals surface area contributed by atoms with Gasteiger partial charge in [-0.1, -0.05) is 44.1 Å². The fourth-order valence-electron chi connectivity index (χ4n) is 5.96. The fourth-order valence-corrected chi connectivity index (χ4v) is 8.37. The predicted molar refractivity (Wildman–Crippen MR) is 122 cm³/mol. The smallest absolute Gasteiger partial charge is 0.337 e. The van der Waals surface area contributed by atoms with Crippen molar-refractivity contribution in [1.29, 1.82) is 0 Å². The summed E-state index contributed by atoms with van der Waals surface area (Å²) < 4.78 is 0. The number of fused-ring (bicyclic) bond motifs is 1. The van der Waals surface area contributed by atoms with E-state index in [4.69, 9.17) is 0 Å². The molecule has 1 amide bonds. The van der Waals surface area contributed by atoms with E-state index in [0.717, 1.165) is 34.7 Å². The Kier molecular flexibility index (Phi) is 5.97. The molecule has 1 saturated carbocycles. The number of carboxylic acids is 1. The molecule has 0 saturated heterocycles. The lowest BCUT2D eigenvalue weighted by atomic mass is 9.71. The molecule has 1 aromatic rings. The fraction of sp³-hybridized carbons (Fsp3) is 0.667. The number of hydrogen-bond acceptors (Lipinski definition) is 3. The van der Waals surface area contributed by atoms with Crippen LogP contribution in [0.3, 0.4) is 0 Å². The van der Waals surface area contributed by atoms with Gasteiger partial charge in [-0.2, -0.15) is 0 Å². The highest BCUT2D eigenvalue weighted by Crippen LogP contribution is 2.42. The number of nitrogens with zero attached hydrogens (tertiary/aromatic N) is 1. The second-order valence-electron chi connectivity index (χ2n) is 10.7. The molecule has 3 rings (SSSR count). The number of amides is 1. The summed E-state index contributed by atoms with van der Waals surface area (Å²) in [4.78, 5) is 27.5. The Hall–Kier alpha value is -1.66. The monoisotopic (exact) mass is 431 g/mol. The van der Waals surface area contributed by atoms with Gasteiger partial charge in [-0.15, -0.1) is 0 Å². The molecule has 1 fully saturated rings. The van der Waals surface area contributed by atoms with Crippen LogP contribution in [-0.2, 0) is 21.5 Å². The molecule has 1 aliphatic heterocycles. The van der Waals surface area contributed by atoms with Gasteiger partial charge in [-0.25, -0.2) is 4.79 Å². The van der Waals surface area contributed by atoms with Crippen LogP contribution in [-0.4, -0.2) is 41.1 Å².